The predicted octanol–water partition coefficient (Wildman–Crippen LogP) is 5.42. The van der Waals surface area contributed by atoms with E-state index in [4.69, 9.17) is 0 Å². The van der Waals surface area contributed by atoms with Crippen LogP contribution in [0.3, 0.4) is 0 Å². The summed E-state index contributed by atoms with van der Waals surface area (Å²) in [6.45, 7) is 14.3. The third-order valence-corrected chi connectivity index (χ3v) is 6.95. The molecule has 1 unspecified atom stereocenters. The van der Waals surface area contributed by atoms with E-state index in [1.165, 1.54) is 11.1 Å². The molecule has 1 saturated heterocycles. The van der Waals surface area contributed by atoms with Gasteiger partial charge < -0.3 is 10.2 Å². The zero-order chi connectivity index (χ0) is 22.2. The van der Waals surface area contributed by atoms with Gasteiger partial charge in [-0.1, -0.05) is 42.0 Å². The highest BCUT2D eigenvalue weighted by atomic mass is 16.2. The largest absolute Gasteiger partial charge is 0.364 e. The van der Waals surface area contributed by atoms with Crippen molar-refractivity contribution in [2.75, 3.05) is 13.1 Å². The van der Waals surface area contributed by atoms with Crippen LogP contribution >= 0.6 is 0 Å². The van der Waals surface area contributed by atoms with Crippen LogP contribution in [0, 0.1) is 6.92 Å². The minimum Gasteiger partial charge on any atom is -0.364 e. The van der Waals surface area contributed by atoms with E-state index in [0.717, 1.165) is 73.3 Å². The van der Waals surface area contributed by atoms with Gasteiger partial charge in [-0.25, -0.2) is 4.99 Å². The number of aryl methyl sites for hydroxylation is 1. The molecule has 1 aliphatic heterocycles. The fourth-order valence-electron chi connectivity index (χ4n) is 4.74. The van der Waals surface area contributed by atoms with E-state index in [1.807, 2.05) is 18.0 Å². The molecule has 3 aliphatic rings. The molecule has 1 aromatic carbocycles. The minimum atomic E-state index is 0.0819. The Morgan fingerprint density at radius 3 is 2.74 bits per heavy atom. The number of benzene rings is 1. The predicted molar refractivity (Wildman–Crippen MR) is 128 cm³/mol. The summed E-state index contributed by atoms with van der Waals surface area (Å²) < 4.78 is 0. The molecular weight excluding hydrogens is 382 g/mol. The maximum atomic E-state index is 13.8. The second kappa shape index (κ2) is 8.49. The molecule has 0 spiro atoms. The van der Waals surface area contributed by atoms with Crippen LogP contribution in [0.5, 0.6) is 0 Å². The molecule has 4 heteroatoms. The van der Waals surface area contributed by atoms with Gasteiger partial charge in [0.2, 0.25) is 0 Å². The SMILES string of the molecule is C=C1CCC(C)=C(C(=O)N2CCC(c3cccc(C)c3)C2)/C1=C(/N=CC)NC1(C)CC1. The van der Waals surface area contributed by atoms with E-state index in [1.54, 1.807) is 0 Å². The van der Waals surface area contributed by atoms with Gasteiger partial charge in [-0.15, -0.1) is 0 Å². The number of nitrogens with zero attached hydrogens (tertiary/aromatic N) is 2. The fourth-order valence-corrected chi connectivity index (χ4v) is 4.74. The lowest BCUT2D eigenvalue weighted by Crippen LogP contribution is -2.34. The standard InChI is InChI=1S/C27H35N3O/c1-6-28-25(29-27(5)13-14-27)23-19(3)10-11-20(4)24(23)26(31)30-15-12-22(17-30)21-9-7-8-18(2)16-21/h6-9,16,22,29H,3,10-15,17H2,1-2,4-5H3/b25-23-,28-6?. The molecule has 0 bridgehead atoms. The molecule has 0 aromatic heterocycles. The van der Waals surface area contributed by atoms with E-state index < -0.39 is 0 Å². The van der Waals surface area contributed by atoms with Crippen LogP contribution in [-0.2, 0) is 4.79 Å². The first kappa shape index (κ1) is 21.6. The molecule has 1 N–H and O–H groups in total. The van der Waals surface area contributed by atoms with Crippen molar-refractivity contribution in [1.29, 1.82) is 0 Å². The van der Waals surface area contributed by atoms with Gasteiger partial charge in [0.1, 0.15) is 5.82 Å². The van der Waals surface area contributed by atoms with Crippen molar-refractivity contribution in [2.45, 2.75) is 71.3 Å². The number of nitrogens with one attached hydrogen (secondary N) is 1. The van der Waals surface area contributed by atoms with Crippen molar-refractivity contribution in [3.63, 3.8) is 0 Å². The second-order valence-electron chi connectivity index (χ2n) is 9.71. The monoisotopic (exact) mass is 417 g/mol. The van der Waals surface area contributed by atoms with Gasteiger partial charge in [-0.2, -0.15) is 0 Å². The topological polar surface area (TPSA) is 44.7 Å². The summed E-state index contributed by atoms with van der Waals surface area (Å²) in [4.78, 5) is 20.5. The molecule has 1 heterocycles. The first-order chi connectivity index (χ1) is 14.8. The van der Waals surface area contributed by atoms with E-state index in [-0.39, 0.29) is 11.4 Å². The van der Waals surface area contributed by atoms with E-state index in [2.05, 4.69) is 61.9 Å². The smallest absolute Gasteiger partial charge is 0.254 e. The highest BCUT2D eigenvalue weighted by Gasteiger charge is 2.40. The molecule has 31 heavy (non-hydrogen) atoms. The lowest BCUT2D eigenvalue weighted by atomic mass is 9.83. The van der Waals surface area contributed by atoms with Crippen LogP contribution in [0.2, 0.25) is 0 Å². The van der Waals surface area contributed by atoms with Crippen LogP contribution in [0.25, 0.3) is 0 Å². The summed E-state index contributed by atoms with van der Waals surface area (Å²) in [6, 6.07) is 8.69. The Hall–Kier alpha value is -2.62. The molecule has 0 radical (unpaired) electrons. The Balaban J connectivity index is 1.64. The Kier molecular flexibility index (Phi) is 5.92. The molecule has 2 fully saturated rings. The molecular formula is C27H35N3O. The summed E-state index contributed by atoms with van der Waals surface area (Å²) >= 11 is 0. The number of amides is 1. The third-order valence-electron chi connectivity index (χ3n) is 6.95. The van der Waals surface area contributed by atoms with Crippen LogP contribution < -0.4 is 5.32 Å². The quantitative estimate of drug-likeness (QED) is 0.650. The zero-order valence-corrected chi connectivity index (χ0v) is 19.4. The second-order valence-corrected chi connectivity index (χ2v) is 9.71. The van der Waals surface area contributed by atoms with E-state index >= 15 is 0 Å². The summed E-state index contributed by atoms with van der Waals surface area (Å²) in [7, 11) is 0. The van der Waals surface area contributed by atoms with Gasteiger partial charge >= 0.3 is 0 Å². The van der Waals surface area contributed by atoms with Gasteiger partial charge in [0.25, 0.3) is 5.91 Å². The number of carbonyl (C=O) groups is 1. The highest BCUT2D eigenvalue weighted by Crippen LogP contribution is 2.41. The Morgan fingerprint density at radius 2 is 2.06 bits per heavy atom. The van der Waals surface area contributed by atoms with E-state index in [9.17, 15) is 4.79 Å². The number of hydrogen-bond donors (Lipinski definition) is 1. The van der Waals surface area contributed by atoms with Gasteiger partial charge in [-0.05, 0) is 70.9 Å². The molecule has 164 valence electrons. The molecule has 4 rings (SSSR count). The summed E-state index contributed by atoms with van der Waals surface area (Å²) in [6.07, 6.45) is 6.85. The number of aliphatic imine (C=N–C) groups is 1. The normalized spacial score (nSPS) is 24.7. The van der Waals surface area contributed by atoms with Gasteiger partial charge in [-0.3, -0.25) is 4.79 Å². The molecule has 2 aliphatic carbocycles. The summed E-state index contributed by atoms with van der Waals surface area (Å²) in [5.74, 6) is 1.35. The first-order valence-corrected chi connectivity index (χ1v) is 11.6. The number of carbonyl (C=O) groups excluding carboxylic acids is 1. The average molecular weight is 418 g/mol. The van der Waals surface area contributed by atoms with Crippen molar-refractivity contribution in [1.82, 2.24) is 10.2 Å². The maximum absolute atomic E-state index is 13.8. The van der Waals surface area contributed by atoms with Crippen molar-refractivity contribution in [2.24, 2.45) is 4.99 Å². The van der Waals surface area contributed by atoms with Crippen LogP contribution in [0.15, 0.2) is 64.0 Å². The molecule has 1 saturated carbocycles. The van der Waals surface area contributed by atoms with Gasteiger partial charge in [0.15, 0.2) is 0 Å². The lowest BCUT2D eigenvalue weighted by Gasteiger charge is -2.29. The van der Waals surface area contributed by atoms with Crippen molar-refractivity contribution in [3.8, 4) is 0 Å². The van der Waals surface area contributed by atoms with Crippen LogP contribution in [0.4, 0.5) is 0 Å². The molecule has 4 nitrogen and oxygen atoms in total. The molecule has 1 amide bonds. The van der Waals surface area contributed by atoms with Crippen LogP contribution in [-0.4, -0.2) is 35.7 Å². The van der Waals surface area contributed by atoms with Gasteiger partial charge in [0, 0.05) is 41.9 Å². The number of hydrogen-bond acceptors (Lipinski definition) is 3. The van der Waals surface area contributed by atoms with E-state index in [0.29, 0.717) is 5.92 Å². The Bertz CT molecular complexity index is 993. The van der Waals surface area contributed by atoms with Crippen molar-refractivity contribution < 1.29 is 4.79 Å². The zero-order valence-electron chi connectivity index (χ0n) is 19.4. The fraction of sp³-hybridized carbons (Fsp3) is 0.481. The Labute approximate surface area is 186 Å². The van der Waals surface area contributed by atoms with Crippen molar-refractivity contribution >= 4 is 12.1 Å². The maximum Gasteiger partial charge on any atom is 0.254 e. The third kappa shape index (κ3) is 4.53. The molecule has 1 atom stereocenters. The summed E-state index contributed by atoms with van der Waals surface area (Å²) in [5.41, 5.74) is 6.61. The highest BCUT2D eigenvalue weighted by molar-refractivity contribution is 6.01. The van der Waals surface area contributed by atoms with Gasteiger partial charge in [0.05, 0.1) is 0 Å². The lowest BCUT2D eigenvalue weighted by molar-refractivity contribution is -0.126. The average Bonchev–Trinajstić information content (AvgIpc) is 3.26. The minimum absolute atomic E-state index is 0.0819. The first-order valence-electron chi connectivity index (χ1n) is 11.6. The number of likely N-dealkylation sites (tertiary alicyclic amines) is 1. The Morgan fingerprint density at radius 1 is 1.29 bits per heavy atom. The van der Waals surface area contributed by atoms with Crippen LogP contribution in [0.1, 0.15) is 69.9 Å². The molecule has 1 aromatic rings. The number of rotatable bonds is 5. The summed E-state index contributed by atoms with van der Waals surface area (Å²) in [5, 5.41) is 3.62. The van der Waals surface area contributed by atoms with Crippen molar-refractivity contribution in [3.05, 3.63) is 70.1 Å². The number of allylic oxidation sites excluding steroid dienone is 2.